The molecule has 1 atom stereocenters. The maximum atomic E-state index is 2.31. The van der Waals surface area contributed by atoms with Gasteiger partial charge < -0.3 is 0 Å². The Balaban J connectivity index is 0.000000605. The van der Waals surface area contributed by atoms with Crippen LogP contribution in [0.15, 0.2) is 0 Å². The molecule has 0 radical (unpaired) electrons. The Bertz CT molecular complexity index is 123. The van der Waals surface area contributed by atoms with Crippen molar-refractivity contribution in [3.8, 4) is 0 Å². The molecule has 2 fully saturated rings. The van der Waals surface area contributed by atoms with Gasteiger partial charge in [0.15, 0.2) is 0 Å². The van der Waals surface area contributed by atoms with Crippen molar-refractivity contribution in [2.24, 2.45) is 11.3 Å². The Morgan fingerprint density at radius 1 is 1.27 bits per heavy atom. The van der Waals surface area contributed by atoms with Crippen molar-refractivity contribution < 1.29 is 0 Å². The Morgan fingerprint density at radius 2 is 1.91 bits per heavy atom. The molecule has 0 N–H and O–H groups in total. The van der Waals surface area contributed by atoms with Crippen LogP contribution in [0.25, 0.3) is 0 Å². The van der Waals surface area contributed by atoms with Crippen LogP contribution in [-0.2, 0) is 0 Å². The lowest BCUT2D eigenvalue weighted by Gasteiger charge is -2.11. The largest absolute Gasteiger partial charge is 0.153 e. The fourth-order valence-electron chi connectivity index (χ4n) is 2.25. The predicted octanol–water partition coefficient (Wildman–Crippen LogP) is 3.42. The molecule has 0 heterocycles. The average molecular weight is 172 g/mol. The van der Waals surface area contributed by atoms with Crippen LogP contribution in [0.4, 0.5) is 0 Å². The molecule has 2 rings (SSSR count). The second-order valence-electron chi connectivity index (χ2n) is 4.24. The van der Waals surface area contributed by atoms with Crippen molar-refractivity contribution >= 4 is 9.90 Å². The lowest BCUT2D eigenvalue weighted by molar-refractivity contribution is 0.389. The van der Waals surface area contributed by atoms with Gasteiger partial charge in [0, 0.05) is 0 Å². The number of unbranched alkanes of at least 4 members (excludes halogenated alkanes) is 1. The fourth-order valence-corrected chi connectivity index (χ4v) is 2.25. The maximum absolute atomic E-state index is 2.31. The van der Waals surface area contributed by atoms with Crippen LogP contribution < -0.4 is 0 Å². The zero-order valence-electron chi connectivity index (χ0n) is 7.73. The molecule has 1 unspecified atom stereocenters. The molecule has 11 heavy (non-hydrogen) atoms. The van der Waals surface area contributed by atoms with Gasteiger partial charge in [-0.3, -0.25) is 0 Å². The van der Waals surface area contributed by atoms with Gasteiger partial charge in [-0.05, 0) is 43.4 Å². The number of hydrogen-bond acceptors (Lipinski definition) is 0. The van der Waals surface area contributed by atoms with Crippen LogP contribution in [0.5, 0.6) is 0 Å². The minimum atomic E-state index is 0. The summed E-state index contributed by atoms with van der Waals surface area (Å²) in [6.45, 7) is 2.31. The summed E-state index contributed by atoms with van der Waals surface area (Å²) in [7, 11) is 0. The molecule has 0 aromatic carbocycles. The summed E-state index contributed by atoms with van der Waals surface area (Å²) >= 11 is 0. The predicted molar refractivity (Wildman–Crippen MR) is 55.0 cm³/mol. The van der Waals surface area contributed by atoms with Crippen LogP contribution in [-0.4, -0.2) is 0 Å². The summed E-state index contributed by atoms with van der Waals surface area (Å²) < 4.78 is 0. The fraction of sp³-hybridized carbons (Fsp3) is 1.00. The van der Waals surface area contributed by atoms with Gasteiger partial charge in [-0.25, -0.2) is 0 Å². The van der Waals surface area contributed by atoms with Crippen LogP contribution in [0.3, 0.4) is 0 Å². The third-order valence-corrected chi connectivity index (χ3v) is 3.36. The Kier molecular flexibility index (Phi) is 2.97. The minimum absolute atomic E-state index is 0. The van der Waals surface area contributed by atoms with E-state index in [0.717, 1.165) is 5.41 Å². The first kappa shape index (κ1) is 9.52. The first-order valence-electron chi connectivity index (χ1n) is 4.87. The third kappa shape index (κ3) is 1.96. The van der Waals surface area contributed by atoms with Crippen molar-refractivity contribution in [2.45, 2.75) is 51.9 Å². The van der Waals surface area contributed by atoms with Crippen molar-refractivity contribution in [3.63, 3.8) is 0 Å². The van der Waals surface area contributed by atoms with E-state index in [1.807, 2.05) is 0 Å². The smallest absolute Gasteiger partial charge is 0.0269 e. The van der Waals surface area contributed by atoms with Crippen molar-refractivity contribution in [1.29, 1.82) is 0 Å². The van der Waals surface area contributed by atoms with Gasteiger partial charge in [0.1, 0.15) is 0 Å². The Labute approximate surface area is 73.8 Å². The van der Waals surface area contributed by atoms with Gasteiger partial charge >= 0.3 is 0 Å². The van der Waals surface area contributed by atoms with Gasteiger partial charge in [-0.15, -0.1) is 0 Å². The normalized spacial score (nSPS) is 25.9. The standard InChI is InChI=1S/C10H18.H3P/c1-2-3-6-10(7-8-10)9-4-5-9;/h9H,2-8H2,1H3;1H3. The van der Waals surface area contributed by atoms with Gasteiger partial charge in [-0.1, -0.05) is 19.8 Å². The Morgan fingerprint density at radius 3 is 2.27 bits per heavy atom. The molecule has 2 aliphatic rings. The van der Waals surface area contributed by atoms with Crippen LogP contribution in [0.2, 0.25) is 0 Å². The van der Waals surface area contributed by atoms with E-state index in [9.17, 15) is 0 Å². The maximum Gasteiger partial charge on any atom is -0.0269 e. The zero-order valence-corrected chi connectivity index (χ0v) is 9.15. The Hall–Kier alpha value is 0.430. The lowest BCUT2D eigenvalue weighted by atomic mass is 9.94. The first-order chi connectivity index (χ1) is 4.87. The SMILES string of the molecule is CCCCC1(C2CC2)CC1.P. The highest BCUT2D eigenvalue weighted by Gasteiger charge is 2.52. The second-order valence-corrected chi connectivity index (χ2v) is 4.24. The highest BCUT2D eigenvalue weighted by molar-refractivity contribution is 6.92. The molecule has 2 saturated carbocycles. The minimum Gasteiger partial charge on any atom is -0.153 e. The molecule has 1 heteroatoms. The topological polar surface area (TPSA) is 0 Å². The highest BCUT2D eigenvalue weighted by Crippen LogP contribution is 2.63. The van der Waals surface area contributed by atoms with Gasteiger partial charge in [0.2, 0.25) is 0 Å². The van der Waals surface area contributed by atoms with E-state index in [1.165, 1.54) is 18.8 Å². The van der Waals surface area contributed by atoms with Crippen LogP contribution in [0.1, 0.15) is 51.9 Å². The van der Waals surface area contributed by atoms with Crippen LogP contribution >= 0.6 is 9.90 Å². The van der Waals surface area contributed by atoms with Gasteiger partial charge in [0.25, 0.3) is 0 Å². The molecule has 0 aromatic heterocycles. The van der Waals surface area contributed by atoms with E-state index >= 15 is 0 Å². The molecule has 0 amide bonds. The monoisotopic (exact) mass is 172 g/mol. The van der Waals surface area contributed by atoms with Gasteiger partial charge in [-0.2, -0.15) is 9.90 Å². The van der Waals surface area contributed by atoms with Crippen molar-refractivity contribution in [3.05, 3.63) is 0 Å². The van der Waals surface area contributed by atoms with Gasteiger partial charge in [0.05, 0.1) is 0 Å². The molecule has 0 saturated heterocycles. The molecule has 0 aromatic rings. The van der Waals surface area contributed by atoms with Crippen molar-refractivity contribution in [1.82, 2.24) is 0 Å². The lowest BCUT2D eigenvalue weighted by Crippen LogP contribution is -2.01. The van der Waals surface area contributed by atoms with E-state index in [0.29, 0.717) is 0 Å². The molecule has 0 bridgehead atoms. The number of hydrogen-bond donors (Lipinski definition) is 0. The van der Waals surface area contributed by atoms with E-state index < -0.39 is 0 Å². The quantitative estimate of drug-likeness (QED) is 0.570. The summed E-state index contributed by atoms with van der Waals surface area (Å²) in [5.41, 5.74) is 0.913. The third-order valence-electron chi connectivity index (χ3n) is 3.36. The summed E-state index contributed by atoms with van der Waals surface area (Å²) in [6.07, 6.45) is 10.7. The highest BCUT2D eigenvalue weighted by atomic mass is 31.0. The zero-order chi connectivity index (χ0) is 7.03. The van der Waals surface area contributed by atoms with Crippen LogP contribution in [0, 0.1) is 11.3 Å². The van der Waals surface area contributed by atoms with Crippen molar-refractivity contribution in [2.75, 3.05) is 0 Å². The molecule has 0 aliphatic heterocycles. The summed E-state index contributed by atoms with van der Waals surface area (Å²) in [6, 6.07) is 0. The summed E-state index contributed by atoms with van der Waals surface area (Å²) in [5.74, 6) is 1.18. The summed E-state index contributed by atoms with van der Waals surface area (Å²) in [4.78, 5) is 0. The average Bonchev–Trinajstić information content (AvgIpc) is 2.76. The molecule has 2 aliphatic carbocycles. The molecular formula is C10H21P. The first-order valence-corrected chi connectivity index (χ1v) is 4.87. The molecule has 0 spiro atoms. The number of rotatable bonds is 4. The van der Waals surface area contributed by atoms with E-state index in [-0.39, 0.29) is 9.90 Å². The van der Waals surface area contributed by atoms with E-state index in [4.69, 9.17) is 0 Å². The second kappa shape index (κ2) is 3.44. The van der Waals surface area contributed by atoms with E-state index in [1.54, 1.807) is 32.1 Å². The molecule has 66 valence electrons. The summed E-state index contributed by atoms with van der Waals surface area (Å²) in [5, 5.41) is 0. The molecule has 0 nitrogen and oxygen atoms in total. The molecular weight excluding hydrogens is 151 g/mol. The van der Waals surface area contributed by atoms with E-state index in [2.05, 4.69) is 6.92 Å².